The molecule has 0 atom stereocenters. The quantitative estimate of drug-likeness (QED) is 0.586. The number of carbonyl (C=O) groups excluding carboxylic acids is 4. The van der Waals surface area contributed by atoms with E-state index in [9.17, 15) is 19.2 Å². The zero-order valence-corrected chi connectivity index (χ0v) is 18.5. The molecule has 0 aliphatic carbocycles. The van der Waals surface area contributed by atoms with Gasteiger partial charge in [0.05, 0.1) is 29.4 Å². The number of anilines is 1. The van der Waals surface area contributed by atoms with Crippen molar-refractivity contribution < 1.29 is 28.5 Å². The van der Waals surface area contributed by atoms with E-state index in [2.05, 4.69) is 10.6 Å². The van der Waals surface area contributed by atoms with Gasteiger partial charge in [0.25, 0.3) is 6.20 Å². The molecule has 3 rings (SSSR count). The van der Waals surface area contributed by atoms with Crippen molar-refractivity contribution in [1.82, 2.24) is 10.2 Å². The second-order valence-corrected chi connectivity index (χ2v) is 8.69. The molecule has 2 heterocycles. The molecule has 2 aromatic rings. The standard InChI is InChI=1S/C19H21N5O5S2/c1-14(25)30-12-16(26)20-17-11-24(21-29-17)23-9-7-22(8-10-23)18(27)13-31-19(28)15-5-3-2-4-6-15/h2-6,11H,7-10,12-13H2,1H3/p+1. The predicted molar refractivity (Wildman–Crippen MR) is 116 cm³/mol. The second kappa shape index (κ2) is 11.0. The number of rotatable bonds is 7. The Morgan fingerprint density at radius 3 is 2.45 bits per heavy atom. The number of hydrogen-bond acceptors (Lipinski definition) is 9. The zero-order valence-electron chi connectivity index (χ0n) is 16.9. The van der Waals surface area contributed by atoms with E-state index in [1.54, 1.807) is 29.2 Å². The van der Waals surface area contributed by atoms with Crippen LogP contribution in [0.15, 0.2) is 41.1 Å². The largest absolute Gasteiger partial charge is 0.338 e. The number of nitrogens with zero attached hydrogens (tertiary/aromatic N) is 4. The summed E-state index contributed by atoms with van der Waals surface area (Å²) in [7, 11) is 0. The number of amides is 2. The van der Waals surface area contributed by atoms with Gasteiger partial charge in [-0.15, -0.1) is 5.01 Å². The average Bonchev–Trinajstić information content (AvgIpc) is 3.25. The third-order valence-electron chi connectivity index (χ3n) is 4.36. The lowest BCUT2D eigenvalue weighted by Crippen LogP contribution is -2.66. The molecular formula is C19H22N5O5S2+. The van der Waals surface area contributed by atoms with Crippen molar-refractivity contribution in [3.63, 3.8) is 0 Å². The lowest BCUT2D eigenvalue weighted by molar-refractivity contribution is -0.759. The van der Waals surface area contributed by atoms with Crippen LogP contribution < -0.4 is 15.1 Å². The minimum absolute atomic E-state index is 0.00159. The first-order valence-corrected chi connectivity index (χ1v) is 11.5. The normalized spacial score (nSPS) is 13.7. The summed E-state index contributed by atoms with van der Waals surface area (Å²) in [6.07, 6.45) is 1.53. The van der Waals surface area contributed by atoms with Gasteiger partial charge >= 0.3 is 5.88 Å². The Labute approximate surface area is 187 Å². The van der Waals surface area contributed by atoms with Crippen LogP contribution in [-0.2, 0) is 14.4 Å². The van der Waals surface area contributed by atoms with Gasteiger partial charge in [-0.3, -0.25) is 29.0 Å². The summed E-state index contributed by atoms with van der Waals surface area (Å²) >= 11 is 1.91. The third kappa shape index (κ3) is 6.82. The first-order valence-electron chi connectivity index (χ1n) is 9.49. The minimum Gasteiger partial charge on any atom is -0.338 e. The molecule has 1 aliphatic rings. The lowest BCUT2D eigenvalue weighted by Gasteiger charge is -2.29. The van der Waals surface area contributed by atoms with Gasteiger partial charge in [0.15, 0.2) is 5.12 Å². The first-order chi connectivity index (χ1) is 14.9. The molecule has 1 aromatic heterocycles. The molecule has 164 valence electrons. The summed E-state index contributed by atoms with van der Waals surface area (Å²) in [5.41, 5.74) is 0.579. The van der Waals surface area contributed by atoms with E-state index in [0.717, 1.165) is 23.5 Å². The van der Waals surface area contributed by atoms with Gasteiger partial charge in [0.2, 0.25) is 22.2 Å². The maximum Gasteiger partial charge on any atom is 0.305 e. The highest BCUT2D eigenvalue weighted by Crippen LogP contribution is 2.13. The Morgan fingerprint density at radius 2 is 1.77 bits per heavy atom. The number of benzene rings is 1. The van der Waals surface area contributed by atoms with E-state index in [4.69, 9.17) is 4.52 Å². The van der Waals surface area contributed by atoms with E-state index in [1.807, 2.05) is 11.1 Å². The fourth-order valence-electron chi connectivity index (χ4n) is 2.79. The topological polar surface area (TPSA) is 117 Å². The van der Waals surface area contributed by atoms with Gasteiger partial charge in [0, 0.05) is 25.6 Å². The van der Waals surface area contributed by atoms with E-state index < -0.39 is 0 Å². The van der Waals surface area contributed by atoms with E-state index in [0.29, 0.717) is 31.7 Å². The molecular weight excluding hydrogens is 442 g/mol. The van der Waals surface area contributed by atoms with Gasteiger partial charge in [-0.25, -0.2) is 0 Å². The molecule has 1 aromatic carbocycles. The van der Waals surface area contributed by atoms with Crippen molar-refractivity contribution >= 4 is 51.5 Å². The molecule has 31 heavy (non-hydrogen) atoms. The third-order valence-corrected chi connectivity index (χ3v) is 6.06. The summed E-state index contributed by atoms with van der Waals surface area (Å²) in [5, 5.41) is 8.02. The Morgan fingerprint density at radius 1 is 1.06 bits per heavy atom. The number of thioether (sulfide) groups is 2. The minimum atomic E-state index is -0.360. The highest BCUT2D eigenvalue weighted by Gasteiger charge is 2.28. The van der Waals surface area contributed by atoms with Gasteiger partial charge in [-0.2, -0.15) is 0 Å². The average molecular weight is 465 g/mol. The summed E-state index contributed by atoms with van der Waals surface area (Å²) in [6, 6.07) is 8.87. The summed E-state index contributed by atoms with van der Waals surface area (Å²) in [5.74, 6) is -0.180. The fourth-order valence-corrected chi connectivity index (χ4v) is 3.94. The molecule has 1 saturated heterocycles. The molecule has 0 unspecified atom stereocenters. The molecule has 0 spiro atoms. The van der Waals surface area contributed by atoms with Crippen molar-refractivity contribution in [3.8, 4) is 0 Å². The Hall–Kier alpha value is -2.86. The smallest absolute Gasteiger partial charge is 0.305 e. The van der Waals surface area contributed by atoms with Crippen LogP contribution in [0.2, 0.25) is 0 Å². The molecule has 0 radical (unpaired) electrons. The van der Waals surface area contributed by atoms with Crippen LogP contribution in [0.5, 0.6) is 0 Å². The molecule has 1 N–H and O–H groups in total. The highest BCUT2D eigenvalue weighted by molar-refractivity contribution is 8.14. The molecule has 0 saturated carbocycles. The number of piperazine rings is 1. The number of hydrogen-bond donors (Lipinski definition) is 1. The second-order valence-electron chi connectivity index (χ2n) is 6.59. The van der Waals surface area contributed by atoms with E-state index in [-0.39, 0.29) is 39.4 Å². The van der Waals surface area contributed by atoms with Gasteiger partial charge in [-0.05, 0) is 0 Å². The number of aromatic nitrogens is 2. The number of carbonyl (C=O) groups is 4. The van der Waals surface area contributed by atoms with Gasteiger partial charge in [0.1, 0.15) is 0 Å². The predicted octanol–water partition coefficient (Wildman–Crippen LogP) is 0.534. The van der Waals surface area contributed by atoms with Crippen molar-refractivity contribution in [2.45, 2.75) is 6.92 Å². The maximum atomic E-state index is 12.4. The Balaban J connectivity index is 1.42. The van der Waals surface area contributed by atoms with Crippen LogP contribution in [-0.4, -0.2) is 69.9 Å². The number of nitrogens with one attached hydrogen (secondary N) is 1. The molecule has 10 nitrogen and oxygen atoms in total. The van der Waals surface area contributed by atoms with E-state index in [1.165, 1.54) is 17.9 Å². The molecule has 0 bridgehead atoms. The van der Waals surface area contributed by atoms with Crippen molar-refractivity contribution in [3.05, 3.63) is 42.1 Å². The van der Waals surface area contributed by atoms with Crippen LogP contribution in [0.1, 0.15) is 17.3 Å². The van der Waals surface area contributed by atoms with Gasteiger partial charge in [-0.1, -0.05) is 53.9 Å². The SMILES string of the molecule is CC(=O)SCC(=O)Nc1c[n+](N2CCN(C(=O)CSC(=O)c3ccccc3)CC2)no1. The summed E-state index contributed by atoms with van der Waals surface area (Å²) < 4.78 is 5.10. The van der Waals surface area contributed by atoms with Crippen LogP contribution in [0.25, 0.3) is 0 Å². The molecule has 12 heteroatoms. The molecule has 2 amide bonds. The molecule has 1 fully saturated rings. The maximum absolute atomic E-state index is 12.4. The fraction of sp³-hybridized carbons (Fsp3) is 0.368. The van der Waals surface area contributed by atoms with Gasteiger partial charge < -0.3 is 4.90 Å². The first kappa shape index (κ1) is 22.8. The Bertz CT molecular complexity index is 944. The monoisotopic (exact) mass is 464 g/mol. The van der Waals surface area contributed by atoms with Crippen LogP contribution >= 0.6 is 23.5 Å². The van der Waals surface area contributed by atoms with E-state index >= 15 is 0 Å². The summed E-state index contributed by atoms with van der Waals surface area (Å²) in [4.78, 5) is 50.4. The highest BCUT2D eigenvalue weighted by atomic mass is 32.2. The van der Waals surface area contributed by atoms with Crippen LogP contribution in [0.4, 0.5) is 5.88 Å². The summed E-state index contributed by atoms with van der Waals surface area (Å²) in [6.45, 7) is 3.40. The zero-order chi connectivity index (χ0) is 22.2. The van der Waals surface area contributed by atoms with Crippen molar-refractivity contribution in [2.75, 3.05) is 48.0 Å². The van der Waals surface area contributed by atoms with Crippen molar-refractivity contribution in [1.29, 1.82) is 0 Å². The molecule has 1 aliphatic heterocycles. The van der Waals surface area contributed by atoms with Crippen LogP contribution in [0.3, 0.4) is 0 Å². The van der Waals surface area contributed by atoms with Crippen LogP contribution in [0, 0.1) is 0 Å². The van der Waals surface area contributed by atoms with Crippen molar-refractivity contribution in [2.24, 2.45) is 0 Å². The Kier molecular flexibility index (Phi) is 8.06. The lowest BCUT2D eigenvalue weighted by atomic mass is 10.2.